The highest BCUT2D eigenvalue weighted by Crippen LogP contribution is 2.27. The monoisotopic (exact) mass is 266 g/mol. The number of hydrogen-bond acceptors (Lipinski definition) is 5. The molecule has 0 radical (unpaired) electrons. The maximum absolute atomic E-state index is 13.7. The standard InChI is InChI=1S/C11H7FN2O5/c1-5-9(11(15)16)13-10(19-5)7-3-2-6(14(17)18)4-8(7)12/h2-4H,1H3,(H,15,16). The van der Waals surface area contributed by atoms with Crippen LogP contribution in [0.4, 0.5) is 10.1 Å². The summed E-state index contributed by atoms with van der Waals surface area (Å²) in [7, 11) is 0. The lowest BCUT2D eigenvalue weighted by atomic mass is 10.2. The average Bonchev–Trinajstić information content (AvgIpc) is 2.71. The minimum atomic E-state index is -1.30. The van der Waals surface area contributed by atoms with Gasteiger partial charge in [0.05, 0.1) is 16.6 Å². The average molecular weight is 266 g/mol. The van der Waals surface area contributed by atoms with Crippen molar-refractivity contribution in [2.24, 2.45) is 0 Å². The van der Waals surface area contributed by atoms with Crippen molar-refractivity contribution in [1.29, 1.82) is 0 Å². The van der Waals surface area contributed by atoms with Gasteiger partial charge in [-0.1, -0.05) is 0 Å². The highest BCUT2D eigenvalue weighted by Gasteiger charge is 2.20. The first-order chi connectivity index (χ1) is 8.90. The van der Waals surface area contributed by atoms with Crippen LogP contribution in [0.15, 0.2) is 22.6 Å². The molecule has 1 heterocycles. The lowest BCUT2D eigenvalue weighted by Crippen LogP contribution is -1.98. The zero-order chi connectivity index (χ0) is 14.2. The number of oxazole rings is 1. The number of carbonyl (C=O) groups is 1. The summed E-state index contributed by atoms with van der Waals surface area (Å²) in [6, 6.07) is 2.91. The minimum Gasteiger partial charge on any atom is -0.476 e. The van der Waals surface area contributed by atoms with Crippen LogP contribution in [0.25, 0.3) is 11.5 Å². The first-order valence-electron chi connectivity index (χ1n) is 5.05. The van der Waals surface area contributed by atoms with E-state index in [4.69, 9.17) is 9.52 Å². The number of nitro benzene ring substituents is 1. The number of aryl methyl sites for hydroxylation is 1. The van der Waals surface area contributed by atoms with Crippen LogP contribution >= 0.6 is 0 Å². The summed E-state index contributed by atoms with van der Waals surface area (Å²) < 4.78 is 18.7. The van der Waals surface area contributed by atoms with Crippen molar-refractivity contribution in [3.05, 3.63) is 45.6 Å². The zero-order valence-corrected chi connectivity index (χ0v) is 9.58. The molecular weight excluding hydrogens is 259 g/mol. The molecule has 1 aromatic carbocycles. The number of halogens is 1. The van der Waals surface area contributed by atoms with Gasteiger partial charge in [-0.15, -0.1) is 0 Å². The third kappa shape index (κ3) is 2.28. The predicted octanol–water partition coefficient (Wildman–Crippen LogP) is 2.40. The molecule has 0 unspecified atom stereocenters. The van der Waals surface area contributed by atoms with Crippen LogP contribution in [0.3, 0.4) is 0 Å². The van der Waals surface area contributed by atoms with Crippen molar-refractivity contribution >= 4 is 11.7 Å². The van der Waals surface area contributed by atoms with Gasteiger partial charge in [0.2, 0.25) is 5.89 Å². The van der Waals surface area contributed by atoms with Gasteiger partial charge >= 0.3 is 5.97 Å². The van der Waals surface area contributed by atoms with Crippen LogP contribution in [0.1, 0.15) is 16.2 Å². The number of aromatic carboxylic acids is 1. The number of hydrogen-bond donors (Lipinski definition) is 1. The highest BCUT2D eigenvalue weighted by molar-refractivity contribution is 5.87. The van der Waals surface area contributed by atoms with E-state index in [1.54, 1.807) is 0 Å². The van der Waals surface area contributed by atoms with Gasteiger partial charge in [-0.2, -0.15) is 0 Å². The first kappa shape index (κ1) is 12.7. The summed E-state index contributed by atoms with van der Waals surface area (Å²) in [5.74, 6) is -2.41. The molecule has 0 saturated heterocycles. The first-order valence-corrected chi connectivity index (χ1v) is 5.05. The molecule has 1 aromatic heterocycles. The van der Waals surface area contributed by atoms with Gasteiger partial charge < -0.3 is 9.52 Å². The second-order valence-electron chi connectivity index (χ2n) is 3.65. The Labute approximate surface area is 105 Å². The van der Waals surface area contributed by atoms with Gasteiger partial charge in [0, 0.05) is 6.07 Å². The molecule has 0 saturated carbocycles. The Morgan fingerprint density at radius 2 is 2.21 bits per heavy atom. The normalized spacial score (nSPS) is 10.4. The molecule has 0 bridgehead atoms. The van der Waals surface area contributed by atoms with Crippen LogP contribution in [0.5, 0.6) is 0 Å². The van der Waals surface area contributed by atoms with E-state index in [1.165, 1.54) is 6.92 Å². The number of nitrogens with zero attached hydrogens (tertiary/aromatic N) is 2. The van der Waals surface area contributed by atoms with Gasteiger partial charge in [-0.25, -0.2) is 14.2 Å². The largest absolute Gasteiger partial charge is 0.476 e. The Morgan fingerprint density at radius 3 is 2.68 bits per heavy atom. The molecule has 1 N–H and O–H groups in total. The Morgan fingerprint density at radius 1 is 1.53 bits per heavy atom. The van der Waals surface area contributed by atoms with Crippen LogP contribution in [-0.2, 0) is 0 Å². The molecule has 19 heavy (non-hydrogen) atoms. The number of rotatable bonds is 3. The molecule has 7 nitrogen and oxygen atoms in total. The SMILES string of the molecule is Cc1oc(-c2ccc([N+](=O)[O-])cc2F)nc1C(=O)O. The van der Waals surface area contributed by atoms with Crippen LogP contribution < -0.4 is 0 Å². The zero-order valence-electron chi connectivity index (χ0n) is 9.58. The Hall–Kier alpha value is -2.77. The molecule has 0 aliphatic heterocycles. The van der Waals surface area contributed by atoms with E-state index < -0.39 is 22.4 Å². The summed E-state index contributed by atoms with van der Waals surface area (Å²) in [6.07, 6.45) is 0. The topological polar surface area (TPSA) is 106 Å². The number of carboxylic acids is 1. The molecule has 98 valence electrons. The number of benzene rings is 1. The third-order valence-electron chi connectivity index (χ3n) is 2.39. The van der Waals surface area contributed by atoms with Crippen LogP contribution in [0, 0.1) is 22.9 Å². The second-order valence-corrected chi connectivity index (χ2v) is 3.65. The summed E-state index contributed by atoms with van der Waals surface area (Å²) in [6.45, 7) is 1.38. The Kier molecular flexibility index (Phi) is 2.99. The fourth-order valence-electron chi connectivity index (χ4n) is 1.50. The minimum absolute atomic E-state index is 0.0280. The fraction of sp³-hybridized carbons (Fsp3) is 0.0909. The molecule has 2 rings (SSSR count). The van der Waals surface area contributed by atoms with E-state index in [0.29, 0.717) is 0 Å². The lowest BCUT2D eigenvalue weighted by Gasteiger charge is -1.97. The maximum Gasteiger partial charge on any atom is 0.358 e. The van der Waals surface area contributed by atoms with Crippen molar-refractivity contribution < 1.29 is 23.6 Å². The smallest absolute Gasteiger partial charge is 0.358 e. The Bertz CT molecular complexity index is 680. The van der Waals surface area contributed by atoms with Crippen molar-refractivity contribution in [3.63, 3.8) is 0 Å². The van der Waals surface area contributed by atoms with Gasteiger partial charge in [-0.3, -0.25) is 10.1 Å². The highest BCUT2D eigenvalue weighted by atomic mass is 19.1. The number of carboxylic acid groups (broad SMARTS) is 1. The Balaban J connectivity index is 2.50. The molecule has 0 atom stereocenters. The molecule has 2 aromatic rings. The van der Waals surface area contributed by atoms with E-state index in [1.807, 2.05) is 0 Å². The quantitative estimate of drug-likeness (QED) is 0.675. The predicted molar refractivity (Wildman–Crippen MR) is 60.2 cm³/mol. The molecule has 0 aliphatic rings. The van der Waals surface area contributed by atoms with E-state index in [2.05, 4.69) is 4.98 Å². The molecule has 0 amide bonds. The van der Waals surface area contributed by atoms with Crippen molar-refractivity contribution in [3.8, 4) is 11.5 Å². The number of non-ortho nitro benzene ring substituents is 1. The van der Waals surface area contributed by atoms with Crippen LogP contribution in [0.2, 0.25) is 0 Å². The molecule has 8 heteroatoms. The molecular formula is C11H7FN2O5. The summed E-state index contributed by atoms with van der Waals surface area (Å²) >= 11 is 0. The van der Waals surface area contributed by atoms with Crippen molar-refractivity contribution in [2.45, 2.75) is 6.92 Å². The number of nitro groups is 1. The van der Waals surface area contributed by atoms with Gasteiger partial charge in [0.15, 0.2) is 5.69 Å². The lowest BCUT2D eigenvalue weighted by molar-refractivity contribution is -0.385. The summed E-state index contributed by atoms with van der Waals surface area (Å²) in [5, 5.41) is 19.3. The van der Waals surface area contributed by atoms with E-state index in [-0.39, 0.29) is 22.9 Å². The molecule has 0 fully saturated rings. The molecule has 0 spiro atoms. The fourth-order valence-corrected chi connectivity index (χ4v) is 1.50. The van der Waals surface area contributed by atoms with E-state index in [0.717, 1.165) is 18.2 Å². The van der Waals surface area contributed by atoms with E-state index >= 15 is 0 Å². The van der Waals surface area contributed by atoms with Crippen LogP contribution in [-0.4, -0.2) is 21.0 Å². The third-order valence-corrected chi connectivity index (χ3v) is 2.39. The maximum atomic E-state index is 13.7. The number of aromatic nitrogens is 1. The second kappa shape index (κ2) is 4.48. The summed E-state index contributed by atoms with van der Waals surface area (Å²) in [5.41, 5.74) is -0.878. The molecule has 0 aliphatic carbocycles. The van der Waals surface area contributed by atoms with Gasteiger partial charge in [-0.05, 0) is 13.0 Å². The summed E-state index contributed by atoms with van der Waals surface area (Å²) in [4.78, 5) is 24.2. The van der Waals surface area contributed by atoms with Gasteiger partial charge in [0.1, 0.15) is 11.6 Å². The van der Waals surface area contributed by atoms with Gasteiger partial charge in [0.25, 0.3) is 5.69 Å². The van der Waals surface area contributed by atoms with Crippen molar-refractivity contribution in [1.82, 2.24) is 4.98 Å². The van der Waals surface area contributed by atoms with E-state index in [9.17, 15) is 19.3 Å². The van der Waals surface area contributed by atoms with Crippen molar-refractivity contribution in [2.75, 3.05) is 0 Å².